The molecule has 0 aromatic heterocycles. The first-order valence-electron chi connectivity index (χ1n) is 13.9. The molecule has 202 valence electrons. The SMILES string of the molecule is COc1ccc2c(c1)[C@]1(C(=O)N2)[C@H](C(=O)c2ccccc2)[C@@]2(C(=O)Nc3ccccc32)[C@H]2c3ccccc3CCN21. The van der Waals surface area contributed by atoms with Gasteiger partial charge in [0, 0.05) is 29.0 Å². The quantitative estimate of drug-likeness (QED) is 0.363. The first kappa shape index (κ1) is 24.1. The maximum atomic E-state index is 15.1. The first-order chi connectivity index (χ1) is 20.0. The number of para-hydroxylation sites is 1. The fourth-order valence-corrected chi connectivity index (χ4v) is 8.10. The number of benzene rings is 4. The van der Waals surface area contributed by atoms with Gasteiger partial charge < -0.3 is 15.4 Å². The second-order valence-corrected chi connectivity index (χ2v) is 11.2. The van der Waals surface area contributed by atoms with Gasteiger partial charge in [-0.25, -0.2) is 0 Å². The van der Waals surface area contributed by atoms with Gasteiger partial charge in [-0.3, -0.25) is 19.3 Å². The van der Waals surface area contributed by atoms with E-state index in [1.807, 2.05) is 72.8 Å². The Morgan fingerprint density at radius 3 is 2.37 bits per heavy atom. The molecule has 4 atom stereocenters. The molecule has 7 heteroatoms. The maximum Gasteiger partial charge on any atom is 0.250 e. The van der Waals surface area contributed by atoms with Crippen LogP contribution >= 0.6 is 0 Å². The summed E-state index contributed by atoms with van der Waals surface area (Å²) < 4.78 is 5.62. The average molecular weight is 542 g/mol. The zero-order chi connectivity index (χ0) is 27.9. The molecule has 0 bridgehead atoms. The van der Waals surface area contributed by atoms with Crippen LogP contribution in [-0.2, 0) is 27.0 Å². The molecule has 1 saturated heterocycles. The van der Waals surface area contributed by atoms with Gasteiger partial charge in [0.25, 0.3) is 0 Å². The van der Waals surface area contributed by atoms with E-state index < -0.39 is 22.9 Å². The number of anilines is 2. The van der Waals surface area contributed by atoms with Crippen LogP contribution in [0.4, 0.5) is 11.4 Å². The summed E-state index contributed by atoms with van der Waals surface area (Å²) in [6, 6.07) is 29.7. The van der Waals surface area contributed by atoms with Crippen molar-refractivity contribution >= 4 is 29.0 Å². The number of ether oxygens (including phenoxy) is 1. The van der Waals surface area contributed by atoms with Gasteiger partial charge in [0.15, 0.2) is 5.78 Å². The summed E-state index contributed by atoms with van der Waals surface area (Å²) in [5, 5.41) is 6.22. The molecular weight excluding hydrogens is 514 g/mol. The molecule has 8 rings (SSSR count). The van der Waals surface area contributed by atoms with Crippen molar-refractivity contribution in [2.24, 2.45) is 5.92 Å². The number of carbonyl (C=O) groups excluding carboxylic acids is 3. The summed E-state index contributed by atoms with van der Waals surface area (Å²) in [7, 11) is 1.59. The van der Waals surface area contributed by atoms with E-state index >= 15 is 4.79 Å². The second kappa shape index (κ2) is 8.38. The summed E-state index contributed by atoms with van der Waals surface area (Å²) in [6.45, 7) is 0.502. The second-order valence-electron chi connectivity index (χ2n) is 11.2. The van der Waals surface area contributed by atoms with Crippen molar-refractivity contribution in [3.63, 3.8) is 0 Å². The summed E-state index contributed by atoms with van der Waals surface area (Å²) in [4.78, 5) is 46.6. The molecule has 4 aliphatic rings. The Morgan fingerprint density at radius 1 is 0.829 bits per heavy atom. The molecule has 0 saturated carbocycles. The number of fused-ring (bicyclic) bond motifs is 9. The van der Waals surface area contributed by atoms with Crippen LogP contribution in [0.3, 0.4) is 0 Å². The number of methoxy groups -OCH3 is 1. The number of carbonyl (C=O) groups is 3. The highest BCUT2D eigenvalue weighted by molar-refractivity contribution is 6.19. The maximum absolute atomic E-state index is 15.1. The van der Waals surface area contributed by atoms with Crippen molar-refractivity contribution in [3.05, 3.63) is 125 Å². The van der Waals surface area contributed by atoms with E-state index in [2.05, 4.69) is 21.6 Å². The molecule has 7 nitrogen and oxygen atoms in total. The minimum absolute atomic E-state index is 0.241. The zero-order valence-electron chi connectivity index (χ0n) is 22.4. The van der Waals surface area contributed by atoms with E-state index in [0.29, 0.717) is 41.2 Å². The highest BCUT2D eigenvalue weighted by Crippen LogP contribution is 2.69. The molecule has 41 heavy (non-hydrogen) atoms. The van der Waals surface area contributed by atoms with Crippen LogP contribution in [0, 0.1) is 5.92 Å². The highest BCUT2D eigenvalue weighted by Gasteiger charge is 2.79. The summed E-state index contributed by atoms with van der Waals surface area (Å²) >= 11 is 0. The average Bonchev–Trinajstić information content (AvgIpc) is 3.59. The standard InChI is InChI=1S/C34H27N3O4/c1-41-22-15-16-27-25(19-22)34(32(40)36-27)29(28(38)21-10-3-2-4-11-21)33(24-13-7-8-14-26(24)35-31(33)39)30-23-12-6-5-9-20(23)17-18-37(30)34/h2-16,19,29-30H,17-18H2,1H3,(H,35,39)(H,36,40)/t29-,30-,33-,34-/m1/s1. The van der Waals surface area contributed by atoms with Gasteiger partial charge in [-0.15, -0.1) is 0 Å². The van der Waals surface area contributed by atoms with Crippen molar-refractivity contribution < 1.29 is 19.1 Å². The minimum atomic E-state index is -1.45. The van der Waals surface area contributed by atoms with Gasteiger partial charge in [0.1, 0.15) is 16.7 Å². The lowest BCUT2D eigenvalue weighted by Crippen LogP contribution is -2.55. The number of Topliss-reactive ketones (excluding diaryl/α,β-unsaturated/α-hetero) is 1. The number of hydrogen-bond donors (Lipinski definition) is 2. The molecule has 2 amide bonds. The predicted octanol–water partition coefficient (Wildman–Crippen LogP) is 4.84. The fraction of sp³-hybridized carbons (Fsp3) is 0.206. The number of ketones is 1. The monoisotopic (exact) mass is 541 g/mol. The van der Waals surface area contributed by atoms with Gasteiger partial charge in [-0.05, 0) is 47.4 Å². The third kappa shape index (κ3) is 2.83. The molecule has 1 fully saturated rings. The Bertz CT molecular complexity index is 1790. The van der Waals surface area contributed by atoms with Gasteiger partial charge in [-0.2, -0.15) is 0 Å². The van der Waals surface area contributed by atoms with Crippen molar-refractivity contribution in [3.8, 4) is 5.75 Å². The van der Waals surface area contributed by atoms with E-state index in [1.165, 1.54) is 0 Å². The largest absolute Gasteiger partial charge is 0.497 e. The van der Waals surface area contributed by atoms with Crippen molar-refractivity contribution in [1.82, 2.24) is 4.90 Å². The number of hydrogen-bond acceptors (Lipinski definition) is 5. The minimum Gasteiger partial charge on any atom is -0.497 e. The third-order valence-electron chi connectivity index (χ3n) is 9.59. The highest BCUT2D eigenvalue weighted by atomic mass is 16.5. The Labute approximate surface area is 237 Å². The third-order valence-corrected chi connectivity index (χ3v) is 9.59. The Hall–Kier alpha value is -4.75. The van der Waals surface area contributed by atoms with Crippen molar-refractivity contribution in [1.29, 1.82) is 0 Å². The van der Waals surface area contributed by atoms with Crippen LogP contribution in [-0.4, -0.2) is 36.2 Å². The lowest BCUT2D eigenvalue weighted by atomic mass is 9.59. The Balaban J connectivity index is 1.54. The van der Waals surface area contributed by atoms with E-state index in [4.69, 9.17) is 4.74 Å². The van der Waals surface area contributed by atoms with E-state index in [0.717, 1.165) is 16.7 Å². The molecule has 4 aromatic carbocycles. The van der Waals surface area contributed by atoms with Crippen molar-refractivity contribution in [2.45, 2.75) is 23.4 Å². The molecule has 0 aliphatic carbocycles. The van der Waals surface area contributed by atoms with Crippen LogP contribution < -0.4 is 15.4 Å². The number of nitrogens with one attached hydrogen (secondary N) is 2. The van der Waals surface area contributed by atoms with E-state index in [1.54, 1.807) is 25.3 Å². The van der Waals surface area contributed by atoms with Crippen LogP contribution in [0.15, 0.2) is 97.1 Å². The molecule has 4 heterocycles. The topological polar surface area (TPSA) is 87.7 Å². The first-order valence-corrected chi connectivity index (χ1v) is 13.9. The van der Waals surface area contributed by atoms with Gasteiger partial charge in [0.05, 0.1) is 19.1 Å². The zero-order valence-corrected chi connectivity index (χ0v) is 22.4. The van der Waals surface area contributed by atoms with Crippen LogP contribution in [0.5, 0.6) is 5.75 Å². The number of rotatable bonds is 3. The molecule has 4 aliphatic heterocycles. The van der Waals surface area contributed by atoms with Gasteiger partial charge in [0.2, 0.25) is 11.8 Å². The molecule has 4 aromatic rings. The molecule has 0 radical (unpaired) electrons. The number of amides is 2. The summed E-state index contributed by atoms with van der Waals surface area (Å²) in [5.41, 5.74) is 2.43. The van der Waals surface area contributed by atoms with Gasteiger partial charge in [-0.1, -0.05) is 72.8 Å². The van der Waals surface area contributed by atoms with Crippen LogP contribution in [0.1, 0.15) is 38.7 Å². The Kier molecular flexibility index (Phi) is 4.92. The van der Waals surface area contributed by atoms with Gasteiger partial charge >= 0.3 is 0 Å². The Morgan fingerprint density at radius 2 is 1.54 bits per heavy atom. The summed E-state index contributed by atoms with van der Waals surface area (Å²) in [6.07, 6.45) is 0.687. The van der Waals surface area contributed by atoms with Crippen LogP contribution in [0.25, 0.3) is 0 Å². The number of nitrogens with zero attached hydrogens (tertiary/aromatic N) is 1. The lowest BCUT2D eigenvalue weighted by Gasteiger charge is -2.42. The molecule has 2 spiro atoms. The predicted molar refractivity (Wildman–Crippen MR) is 154 cm³/mol. The molecule has 0 unspecified atom stereocenters. The molecule has 2 N–H and O–H groups in total. The van der Waals surface area contributed by atoms with E-state index in [9.17, 15) is 9.59 Å². The normalized spacial score (nSPS) is 27.1. The fourth-order valence-electron chi connectivity index (χ4n) is 8.10. The summed E-state index contributed by atoms with van der Waals surface area (Å²) in [5.74, 6) is -1.29. The van der Waals surface area contributed by atoms with Crippen molar-refractivity contribution in [2.75, 3.05) is 24.3 Å². The smallest absolute Gasteiger partial charge is 0.250 e. The lowest BCUT2D eigenvalue weighted by molar-refractivity contribution is -0.128. The van der Waals surface area contributed by atoms with E-state index in [-0.39, 0.29) is 17.6 Å². The van der Waals surface area contributed by atoms with Crippen LogP contribution in [0.2, 0.25) is 0 Å². The molecular formula is C34H27N3O4.